The van der Waals surface area contributed by atoms with Gasteiger partial charge in [0.15, 0.2) is 24.0 Å². The number of Topliss-reactive ketones (excluding diaryl/α,β-unsaturated/α-hetero) is 1. The molecule has 1 aromatic carbocycles. The Morgan fingerprint density at radius 2 is 1.07 bits per heavy atom. The molecule has 0 bridgehead atoms. The van der Waals surface area contributed by atoms with E-state index in [0.29, 0.717) is 12.8 Å². The number of hydrogen-bond acceptors (Lipinski definition) is 20. The van der Waals surface area contributed by atoms with Gasteiger partial charge in [0.25, 0.3) is 0 Å². The van der Waals surface area contributed by atoms with Gasteiger partial charge in [-0.1, -0.05) is 72.1 Å². The van der Waals surface area contributed by atoms with Crippen molar-refractivity contribution in [2.75, 3.05) is 0 Å². The number of carbonyl (C=O) groups excluding carboxylic acids is 1. The molecule has 0 aliphatic carbocycles. The molecule has 85 heavy (non-hydrogen) atoms. The van der Waals surface area contributed by atoms with E-state index < -0.39 is 120 Å². The maximum atomic E-state index is 10.6. The van der Waals surface area contributed by atoms with Crippen LogP contribution >= 0.6 is 0 Å². The van der Waals surface area contributed by atoms with Crippen LogP contribution in [0.1, 0.15) is 139 Å². The molecule has 0 aliphatic rings. The number of carbonyl (C=O) groups is 13. The molecule has 0 aliphatic heterocycles. The number of unbranched alkanes of at least 4 members (excludes halogenated alkanes) is 2. The first-order valence-electron chi connectivity index (χ1n) is 25.0. The molecule has 2 heterocycles. The summed E-state index contributed by atoms with van der Waals surface area (Å²) in [6.07, 6.45) is 0.342. The number of aliphatic hydroxyl groups is 4. The highest BCUT2D eigenvalue weighted by Crippen LogP contribution is 2.18. The third kappa shape index (κ3) is 54.0. The van der Waals surface area contributed by atoms with Crippen molar-refractivity contribution in [2.24, 2.45) is 23.3 Å². The molecular weight excluding hydrogens is 1140 g/mol. The summed E-state index contributed by atoms with van der Waals surface area (Å²) in [5.74, 6) is -14.2. The summed E-state index contributed by atoms with van der Waals surface area (Å²) in [6.45, 7) is 11.8. The van der Waals surface area contributed by atoms with E-state index in [1.807, 2.05) is 44.3 Å². The van der Waals surface area contributed by atoms with E-state index in [2.05, 4.69) is 16.9 Å². The molecule has 3 aromatic rings. The fraction of sp³-hybridized carbons (Fsp3) is 0.500. The highest BCUT2D eigenvalue weighted by molar-refractivity contribution is 6.00. The first-order valence-corrected chi connectivity index (χ1v) is 25.0. The molecule has 7 atom stereocenters. The number of aromatic amines is 1. The third-order valence-electron chi connectivity index (χ3n) is 9.53. The molecule has 0 saturated heterocycles. The molecule has 0 spiro atoms. The van der Waals surface area contributed by atoms with E-state index >= 15 is 0 Å². The van der Waals surface area contributed by atoms with Crippen LogP contribution in [-0.2, 0) is 59.2 Å². The zero-order chi connectivity index (χ0) is 67.9. The molecule has 0 amide bonds. The lowest BCUT2D eigenvalue weighted by Gasteiger charge is -2.11. The van der Waals surface area contributed by atoms with E-state index in [1.165, 1.54) is 32.2 Å². The summed E-state index contributed by atoms with van der Waals surface area (Å²) in [6, 6.07) is 8.78. The monoisotopic (exact) mass is 1220 g/mol. The number of aromatic carboxylic acids is 2. The number of carboxylic acid groups (broad SMARTS) is 12. The minimum Gasteiger partial charge on any atom is -0.481 e. The molecular formula is C52H80N4O29. The summed E-state index contributed by atoms with van der Waals surface area (Å²) < 4.78 is 0. The predicted molar refractivity (Wildman–Crippen MR) is 294 cm³/mol. The summed E-state index contributed by atoms with van der Waals surface area (Å²) >= 11 is 0. The number of aliphatic carboxylic acids is 10. The predicted octanol–water partition coefficient (Wildman–Crippen LogP) is 1.88. The zero-order valence-electron chi connectivity index (χ0n) is 47.6. The number of para-hydroxylation sites is 1. The second-order valence-electron chi connectivity index (χ2n) is 17.6. The van der Waals surface area contributed by atoms with Crippen molar-refractivity contribution in [3.05, 3.63) is 65.6 Å². The Bertz CT molecular complexity index is 2480. The van der Waals surface area contributed by atoms with Gasteiger partial charge >= 0.3 is 71.6 Å². The van der Waals surface area contributed by atoms with Gasteiger partial charge in [-0.3, -0.25) is 38.4 Å². The van der Waals surface area contributed by atoms with Gasteiger partial charge in [0.2, 0.25) is 0 Å². The molecule has 0 fully saturated rings. The van der Waals surface area contributed by atoms with Gasteiger partial charge < -0.3 is 98.2 Å². The van der Waals surface area contributed by atoms with Gasteiger partial charge in [0.05, 0.1) is 24.5 Å². The second-order valence-corrected chi connectivity index (χ2v) is 17.6. The molecule has 2 aromatic heterocycles. The number of aromatic nitrogens is 2. The molecule has 0 saturated carbocycles. The number of aliphatic hydroxyl groups excluding tert-OH is 4. The highest BCUT2D eigenvalue weighted by Gasteiger charge is 2.20. The Morgan fingerprint density at radius 1 is 0.565 bits per heavy atom. The number of nitrogens with two attached hydrogens (primary N) is 2. The minimum atomic E-state index is -1.79. The van der Waals surface area contributed by atoms with Crippen molar-refractivity contribution in [1.82, 2.24) is 9.97 Å². The van der Waals surface area contributed by atoms with Crippen LogP contribution in [0.3, 0.4) is 0 Å². The number of hydrogen-bond donors (Lipinski definition) is 19. The summed E-state index contributed by atoms with van der Waals surface area (Å²) in [5, 5.41) is 133. The molecule has 482 valence electrons. The smallest absolute Gasteiger partial charge is 0.355 e. The number of nitrogens with zero attached hydrogens (tertiary/aromatic N) is 1. The number of H-pyrrole nitrogens is 1. The number of ketones is 1. The van der Waals surface area contributed by atoms with Gasteiger partial charge in [-0.25, -0.2) is 29.0 Å². The number of benzene rings is 1. The lowest BCUT2D eigenvalue weighted by Crippen LogP contribution is -2.36. The van der Waals surface area contributed by atoms with E-state index in [4.69, 9.17) is 93.2 Å². The Morgan fingerprint density at radius 3 is 1.35 bits per heavy atom. The van der Waals surface area contributed by atoms with Crippen LogP contribution in [-0.4, -0.2) is 206 Å². The zero-order valence-corrected chi connectivity index (χ0v) is 47.6. The first kappa shape index (κ1) is 87.2. The molecule has 21 N–H and O–H groups in total. The van der Waals surface area contributed by atoms with E-state index in [1.54, 1.807) is 13.8 Å². The maximum Gasteiger partial charge on any atom is 0.355 e. The Balaban J connectivity index is -0.000000209. The van der Waals surface area contributed by atoms with Gasteiger partial charge in [0, 0.05) is 42.6 Å². The van der Waals surface area contributed by atoms with Crippen molar-refractivity contribution in [3.63, 3.8) is 0 Å². The van der Waals surface area contributed by atoms with Crippen LogP contribution in [0.25, 0.3) is 10.9 Å². The molecule has 33 heteroatoms. The van der Waals surface area contributed by atoms with Crippen LogP contribution in [0.4, 0.5) is 0 Å². The molecule has 0 radical (unpaired) electrons. The first-order chi connectivity index (χ1) is 39.0. The standard InChI is InChI=1S/C11H12N2O2.C7H5NO4.C6H13NO2.C6H12O2.C5H8O5.C5H10O3.C4H6O5.C4H8O3.C4H6O3/c12-9(11(14)15)5-7-6-13-10-4-2-1-3-8(7)10;9-6(10)4-2-1-3-8-5(4)7(11)12;1-3-4(2)5(7)6(8)9;1-2-3-4-5-6(7)8;6-3(5(9)10)1-2-4(7)8;1-3(2)4(6)5(7)8;5-2(4(8)9)1-3(6)7;2*1-3(5)2-4(6)7/h1-4,6,9,13H,5,12H2,(H,14,15);1-3H,(H,9,10)(H,11,12);4-5H,3,7H2,1-2H3,(H,8,9);2-5H2,1H3,(H,7,8);3,6H,1-2H2,(H,7,8)(H,9,10);3-4,6H,1-2H3,(H,7,8);2,5H,1H2,(H,6,7)(H,8,9);3,5H,2H2,1H3,(H,6,7);2H2,1H3,(H,6,7). The summed E-state index contributed by atoms with van der Waals surface area (Å²) in [5.41, 5.74) is 12.0. The van der Waals surface area contributed by atoms with E-state index in [0.717, 1.165) is 42.1 Å². The Hall–Kier alpha value is -9.02. The molecule has 7 unspecified atom stereocenters. The van der Waals surface area contributed by atoms with Crippen molar-refractivity contribution in [1.29, 1.82) is 0 Å². The average molecular weight is 1230 g/mol. The van der Waals surface area contributed by atoms with E-state index in [-0.39, 0.29) is 48.9 Å². The average Bonchev–Trinajstić information content (AvgIpc) is 3.96. The lowest BCUT2D eigenvalue weighted by molar-refractivity contribution is -0.153. The summed E-state index contributed by atoms with van der Waals surface area (Å²) in [7, 11) is 0. The lowest BCUT2D eigenvalue weighted by atomic mass is 10.0. The third-order valence-corrected chi connectivity index (χ3v) is 9.53. The number of rotatable bonds is 25. The number of carboxylic acids is 12. The van der Waals surface area contributed by atoms with Crippen LogP contribution in [0.5, 0.6) is 0 Å². The van der Waals surface area contributed by atoms with Crippen molar-refractivity contribution < 1.29 is 144 Å². The van der Waals surface area contributed by atoms with Gasteiger partial charge in [-0.15, -0.1) is 0 Å². The fourth-order valence-electron chi connectivity index (χ4n) is 4.78. The van der Waals surface area contributed by atoms with Gasteiger partial charge in [0.1, 0.15) is 24.3 Å². The quantitative estimate of drug-likeness (QED) is 0.0425. The highest BCUT2D eigenvalue weighted by atomic mass is 16.4. The van der Waals surface area contributed by atoms with Gasteiger partial charge in [-0.05, 0) is 62.3 Å². The fourth-order valence-corrected chi connectivity index (χ4v) is 4.78. The van der Waals surface area contributed by atoms with Crippen LogP contribution in [0.2, 0.25) is 0 Å². The number of fused-ring (bicyclic) bond motifs is 1. The van der Waals surface area contributed by atoms with Crippen LogP contribution in [0.15, 0.2) is 48.8 Å². The molecule has 3 rings (SSSR count). The second kappa shape index (κ2) is 50.7. The number of nitrogens with one attached hydrogen (secondary N) is 1. The topological polar surface area (TPSA) is 626 Å². The van der Waals surface area contributed by atoms with Crippen LogP contribution in [0, 0.1) is 11.8 Å². The van der Waals surface area contributed by atoms with E-state index in [9.17, 15) is 62.3 Å². The normalized spacial score (nSPS) is 12.1. The Labute approximate surface area is 485 Å². The Kier molecular flexibility index (Phi) is 52.0. The van der Waals surface area contributed by atoms with Gasteiger partial charge in [-0.2, -0.15) is 0 Å². The van der Waals surface area contributed by atoms with Crippen LogP contribution < -0.4 is 11.5 Å². The van der Waals surface area contributed by atoms with Crippen molar-refractivity contribution >= 4 is 88.3 Å². The maximum absolute atomic E-state index is 10.6. The van der Waals surface area contributed by atoms with Crippen molar-refractivity contribution in [2.45, 2.75) is 156 Å². The summed E-state index contributed by atoms with van der Waals surface area (Å²) in [4.78, 5) is 136. The number of pyridine rings is 1. The SMILES string of the molecule is CC(=O)CC(=O)O.CC(C)C(O)C(=O)O.CC(O)CC(=O)O.CCC(C)C(N)C(=O)O.CCCCCC(=O)O.NC(Cc1c[nH]c2ccccc12)C(=O)O.O=C(O)CC(O)C(=O)O.O=C(O)CCC(O)C(=O)O.O=C(O)c1cccnc1C(=O)O. The molecule has 33 nitrogen and oxygen atoms in total. The minimum absolute atomic E-state index is 0.0718. The van der Waals surface area contributed by atoms with Crippen molar-refractivity contribution in [3.8, 4) is 0 Å². The largest absolute Gasteiger partial charge is 0.481 e.